The SMILES string of the molecule is CCc1ccc(NC(=O)c2sc(=O)[nH]c2C)cc1. The minimum Gasteiger partial charge on any atom is -0.321 e. The second kappa shape index (κ2) is 5.18. The topological polar surface area (TPSA) is 62.0 Å². The van der Waals surface area contributed by atoms with Crippen molar-refractivity contribution in [2.45, 2.75) is 20.3 Å². The maximum absolute atomic E-state index is 11.9. The van der Waals surface area contributed by atoms with Gasteiger partial charge in [0.05, 0.1) is 0 Å². The number of anilines is 1. The van der Waals surface area contributed by atoms with Crippen LogP contribution in [0.25, 0.3) is 0 Å². The Hall–Kier alpha value is -1.88. The van der Waals surface area contributed by atoms with Gasteiger partial charge in [0.15, 0.2) is 0 Å². The van der Waals surface area contributed by atoms with E-state index in [1.54, 1.807) is 6.92 Å². The largest absolute Gasteiger partial charge is 0.321 e. The second-order valence-corrected chi connectivity index (χ2v) is 4.96. The number of aromatic amines is 1. The van der Waals surface area contributed by atoms with E-state index in [1.165, 1.54) is 5.56 Å². The van der Waals surface area contributed by atoms with Crippen LogP contribution in [-0.4, -0.2) is 10.9 Å². The molecule has 0 aliphatic rings. The maximum Gasteiger partial charge on any atom is 0.305 e. The van der Waals surface area contributed by atoms with Crippen LogP contribution in [0.1, 0.15) is 27.9 Å². The molecule has 5 heteroatoms. The van der Waals surface area contributed by atoms with Gasteiger partial charge in [0.2, 0.25) is 0 Å². The van der Waals surface area contributed by atoms with Gasteiger partial charge in [-0.1, -0.05) is 30.4 Å². The monoisotopic (exact) mass is 262 g/mol. The Morgan fingerprint density at radius 1 is 1.33 bits per heavy atom. The van der Waals surface area contributed by atoms with Crippen molar-refractivity contribution >= 4 is 22.9 Å². The van der Waals surface area contributed by atoms with Crippen LogP contribution in [0.3, 0.4) is 0 Å². The summed E-state index contributed by atoms with van der Waals surface area (Å²) in [5, 5.41) is 2.78. The van der Waals surface area contributed by atoms with E-state index in [-0.39, 0.29) is 10.8 Å². The van der Waals surface area contributed by atoms with Gasteiger partial charge >= 0.3 is 4.87 Å². The van der Waals surface area contributed by atoms with E-state index >= 15 is 0 Å². The van der Waals surface area contributed by atoms with Crippen molar-refractivity contribution in [1.82, 2.24) is 4.98 Å². The van der Waals surface area contributed by atoms with E-state index in [0.717, 1.165) is 23.4 Å². The van der Waals surface area contributed by atoms with E-state index in [0.29, 0.717) is 10.6 Å². The molecule has 2 N–H and O–H groups in total. The summed E-state index contributed by atoms with van der Waals surface area (Å²) in [5.74, 6) is -0.250. The van der Waals surface area contributed by atoms with Crippen LogP contribution in [-0.2, 0) is 6.42 Å². The molecule has 18 heavy (non-hydrogen) atoms. The molecule has 1 aromatic heterocycles. The van der Waals surface area contributed by atoms with Crippen molar-refractivity contribution < 1.29 is 4.79 Å². The Labute approximate surface area is 109 Å². The molecule has 0 saturated heterocycles. The number of aryl methyl sites for hydroxylation is 2. The van der Waals surface area contributed by atoms with Gasteiger partial charge in [-0.15, -0.1) is 0 Å². The standard InChI is InChI=1S/C13H14N2O2S/c1-3-9-4-6-10(7-5-9)15-12(16)11-8(2)14-13(17)18-11/h4-7H,3H2,1-2H3,(H,14,17)(H,15,16). The number of amides is 1. The van der Waals surface area contributed by atoms with Gasteiger partial charge in [0.25, 0.3) is 5.91 Å². The number of benzene rings is 1. The van der Waals surface area contributed by atoms with Crippen LogP contribution in [0.2, 0.25) is 0 Å². The summed E-state index contributed by atoms with van der Waals surface area (Å²) in [4.78, 5) is 25.9. The van der Waals surface area contributed by atoms with Crippen molar-refractivity contribution in [1.29, 1.82) is 0 Å². The third-order valence-electron chi connectivity index (χ3n) is 2.65. The molecule has 0 spiro atoms. The molecule has 0 radical (unpaired) electrons. The molecule has 0 atom stereocenters. The van der Waals surface area contributed by atoms with Crippen LogP contribution in [0, 0.1) is 6.92 Å². The summed E-state index contributed by atoms with van der Waals surface area (Å²) in [5.41, 5.74) is 2.56. The molecule has 94 valence electrons. The Bertz CT molecular complexity index is 611. The first kappa shape index (κ1) is 12.6. The highest BCUT2D eigenvalue weighted by molar-refractivity contribution is 7.11. The normalized spacial score (nSPS) is 10.3. The number of thiazole rings is 1. The summed E-state index contributed by atoms with van der Waals surface area (Å²) in [6.45, 7) is 3.79. The van der Waals surface area contributed by atoms with E-state index in [2.05, 4.69) is 17.2 Å². The van der Waals surface area contributed by atoms with Crippen LogP contribution in [0.4, 0.5) is 5.69 Å². The third-order valence-corrected chi connectivity index (χ3v) is 3.63. The van der Waals surface area contributed by atoms with Gasteiger partial charge in [0.1, 0.15) is 4.88 Å². The zero-order chi connectivity index (χ0) is 13.1. The van der Waals surface area contributed by atoms with Crippen molar-refractivity contribution in [3.63, 3.8) is 0 Å². The molecule has 0 aliphatic heterocycles. The lowest BCUT2D eigenvalue weighted by atomic mass is 10.1. The van der Waals surface area contributed by atoms with Crippen LogP contribution in [0.15, 0.2) is 29.1 Å². The molecule has 1 amide bonds. The number of carbonyl (C=O) groups excluding carboxylic acids is 1. The van der Waals surface area contributed by atoms with Gasteiger partial charge in [-0.3, -0.25) is 9.59 Å². The van der Waals surface area contributed by atoms with Crippen LogP contribution >= 0.6 is 11.3 Å². The molecule has 0 saturated carbocycles. The Morgan fingerprint density at radius 2 is 2.00 bits per heavy atom. The van der Waals surface area contributed by atoms with E-state index in [4.69, 9.17) is 0 Å². The van der Waals surface area contributed by atoms with Gasteiger partial charge < -0.3 is 10.3 Å². The zero-order valence-corrected chi connectivity index (χ0v) is 11.1. The maximum atomic E-state index is 11.9. The van der Waals surface area contributed by atoms with E-state index < -0.39 is 0 Å². The number of hydrogen-bond acceptors (Lipinski definition) is 3. The van der Waals surface area contributed by atoms with Crippen molar-refractivity contribution in [2.24, 2.45) is 0 Å². The smallest absolute Gasteiger partial charge is 0.305 e. The molecule has 1 heterocycles. The lowest BCUT2D eigenvalue weighted by Crippen LogP contribution is -2.11. The minimum atomic E-state index is -0.250. The van der Waals surface area contributed by atoms with Gasteiger partial charge in [0, 0.05) is 11.4 Å². The summed E-state index contributed by atoms with van der Waals surface area (Å²) >= 11 is 0.926. The Kier molecular flexibility index (Phi) is 3.62. The number of carbonyl (C=O) groups is 1. The molecule has 0 unspecified atom stereocenters. The van der Waals surface area contributed by atoms with E-state index in [1.807, 2.05) is 24.3 Å². The molecule has 2 rings (SSSR count). The Morgan fingerprint density at radius 3 is 2.50 bits per heavy atom. The molecule has 0 fully saturated rings. The zero-order valence-electron chi connectivity index (χ0n) is 10.2. The van der Waals surface area contributed by atoms with Crippen molar-refractivity contribution in [3.05, 3.63) is 50.1 Å². The molecule has 1 aromatic carbocycles. The summed E-state index contributed by atoms with van der Waals surface area (Å²) in [6.07, 6.45) is 0.965. The predicted octanol–water partition coefficient (Wildman–Crippen LogP) is 2.56. The number of nitrogens with one attached hydrogen (secondary N) is 2. The average Bonchev–Trinajstić information content (AvgIpc) is 2.69. The third kappa shape index (κ3) is 2.68. The summed E-state index contributed by atoms with van der Waals surface area (Å²) < 4.78 is 0. The quantitative estimate of drug-likeness (QED) is 0.893. The first-order valence-electron chi connectivity index (χ1n) is 5.70. The molecule has 0 bridgehead atoms. The lowest BCUT2D eigenvalue weighted by molar-refractivity contribution is 0.103. The fourth-order valence-corrected chi connectivity index (χ4v) is 2.37. The highest BCUT2D eigenvalue weighted by Gasteiger charge is 2.13. The number of hydrogen-bond donors (Lipinski definition) is 2. The molecule has 4 nitrogen and oxygen atoms in total. The lowest BCUT2D eigenvalue weighted by Gasteiger charge is -2.04. The molecular formula is C13H14N2O2S. The number of aromatic nitrogens is 1. The highest BCUT2D eigenvalue weighted by atomic mass is 32.1. The molecule has 2 aromatic rings. The number of H-pyrrole nitrogens is 1. The minimum absolute atomic E-state index is 0.209. The summed E-state index contributed by atoms with van der Waals surface area (Å²) in [7, 11) is 0. The van der Waals surface area contributed by atoms with Crippen molar-refractivity contribution in [3.8, 4) is 0 Å². The van der Waals surface area contributed by atoms with Gasteiger partial charge in [-0.2, -0.15) is 0 Å². The van der Waals surface area contributed by atoms with E-state index in [9.17, 15) is 9.59 Å². The fourth-order valence-electron chi connectivity index (χ4n) is 1.63. The van der Waals surface area contributed by atoms with Gasteiger partial charge in [-0.25, -0.2) is 0 Å². The first-order chi connectivity index (χ1) is 8.60. The summed E-state index contributed by atoms with van der Waals surface area (Å²) in [6, 6.07) is 7.67. The van der Waals surface area contributed by atoms with Crippen LogP contribution < -0.4 is 10.2 Å². The molecule has 0 aliphatic carbocycles. The Balaban J connectivity index is 2.16. The number of rotatable bonds is 3. The predicted molar refractivity (Wildman–Crippen MR) is 73.4 cm³/mol. The second-order valence-electron chi connectivity index (χ2n) is 3.97. The van der Waals surface area contributed by atoms with Crippen molar-refractivity contribution in [2.75, 3.05) is 5.32 Å². The highest BCUT2D eigenvalue weighted by Crippen LogP contribution is 2.14. The van der Waals surface area contributed by atoms with Crippen LogP contribution in [0.5, 0.6) is 0 Å². The molecular weight excluding hydrogens is 248 g/mol. The average molecular weight is 262 g/mol. The van der Waals surface area contributed by atoms with Gasteiger partial charge in [-0.05, 0) is 31.0 Å². The first-order valence-corrected chi connectivity index (χ1v) is 6.52. The fraction of sp³-hybridized carbons (Fsp3) is 0.231.